The Morgan fingerprint density at radius 1 is 0.857 bits per heavy atom. The molecule has 1 aromatic heterocycles. The van der Waals surface area contributed by atoms with Gasteiger partial charge >= 0.3 is 6.18 Å². The number of ether oxygens (including phenoxy) is 1. The standard InChI is InChI=1S/C32H22F5N3O2/c1-19-24(3-2-4-26(19)34)31-38-27-13-14-40(17-28(27)39-31)16-20-5-7-21(8-6-20)25-11-9-22(33)15-29(25)41-18-23-10-12-30(42-23)32(35,36)37/h2-15,17H,16,18H2,1H3. The fourth-order valence-electron chi connectivity index (χ4n) is 4.63. The van der Waals surface area contributed by atoms with E-state index in [9.17, 15) is 22.0 Å². The lowest BCUT2D eigenvalue weighted by Gasteiger charge is -2.13. The molecular weight excluding hydrogens is 553 g/mol. The zero-order valence-electron chi connectivity index (χ0n) is 22.1. The van der Waals surface area contributed by atoms with Crippen molar-refractivity contribution in [2.24, 2.45) is 0 Å². The molecule has 0 bridgehead atoms. The van der Waals surface area contributed by atoms with Crippen molar-refractivity contribution in [3.63, 3.8) is 0 Å². The fourth-order valence-corrected chi connectivity index (χ4v) is 4.63. The summed E-state index contributed by atoms with van der Waals surface area (Å²) in [5.41, 5.74) is 4.81. The average molecular weight is 576 g/mol. The number of hydrogen-bond acceptors (Lipinski definition) is 4. The zero-order valence-corrected chi connectivity index (χ0v) is 22.1. The van der Waals surface area contributed by atoms with Crippen LogP contribution in [-0.2, 0) is 19.3 Å². The molecule has 42 heavy (non-hydrogen) atoms. The van der Waals surface area contributed by atoms with Gasteiger partial charge in [-0.05, 0) is 60.0 Å². The average Bonchev–Trinajstić information content (AvgIpc) is 3.61. The summed E-state index contributed by atoms with van der Waals surface area (Å²) >= 11 is 0. The van der Waals surface area contributed by atoms with Crippen LogP contribution >= 0.6 is 0 Å². The van der Waals surface area contributed by atoms with Crippen LogP contribution in [-0.4, -0.2) is 14.5 Å². The lowest BCUT2D eigenvalue weighted by Crippen LogP contribution is -2.02. The van der Waals surface area contributed by atoms with Gasteiger partial charge in [0.25, 0.3) is 0 Å². The van der Waals surface area contributed by atoms with Crippen LogP contribution in [0.3, 0.4) is 0 Å². The number of benzene rings is 3. The molecule has 6 rings (SSSR count). The Morgan fingerprint density at radius 2 is 1.64 bits per heavy atom. The first-order valence-corrected chi connectivity index (χ1v) is 12.9. The SMILES string of the molecule is Cc1c(F)cccc1-c1nc2ccn(Cc3ccc(-c4ccc(F)cc4OCc4ccc(C(F)(F)F)o4)cc3)cc-2n1. The molecular formula is C32H22F5N3O2. The molecule has 0 N–H and O–H groups in total. The number of nitrogens with zero attached hydrogens (tertiary/aromatic N) is 3. The zero-order chi connectivity index (χ0) is 29.4. The molecule has 0 saturated heterocycles. The van der Waals surface area contributed by atoms with Crippen molar-refractivity contribution in [3.05, 3.63) is 126 Å². The van der Waals surface area contributed by atoms with Crippen molar-refractivity contribution >= 4 is 0 Å². The second-order valence-corrected chi connectivity index (χ2v) is 9.74. The van der Waals surface area contributed by atoms with E-state index in [2.05, 4.69) is 9.97 Å². The summed E-state index contributed by atoms with van der Waals surface area (Å²) in [5, 5.41) is 0. The van der Waals surface area contributed by atoms with Gasteiger partial charge in [0.05, 0.1) is 5.69 Å². The lowest BCUT2D eigenvalue weighted by atomic mass is 10.0. The molecule has 0 atom stereocenters. The molecule has 3 heterocycles. The predicted octanol–water partition coefficient (Wildman–Crippen LogP) is 8.54. The molecule has 5 nitrogen and oxygen atoms in total. The molecule has 3 aromatic carbocycles. The Kier molecular flexibility index (Phi) is 6.97. The van der Waals surface area contributed by atoms with E-state index in [-0.39, 0.29) is 23.9 Å². The van der Waals surface area contributed by atoms with Crippen molar-refractivity contribution in [1.82, 2.24) is 14.5 Å². The van der Waals surface area contributed by atoms with E-state index in [0.717, 1.165) is 17.2 Å². The van der Waals surface area contributed by atoms with Crippen LogP contribution in [0.1, 0.15) is 22.6 Å². The molecule has 0 unspecified atom stereocenters. The van der Waals surface area contributed by atoms with Gasteiger partial charge in [-0.25, -0.2) is 18.7 Å². The molecule has 0 amide bonds. The first-order valence-electron chi connectivity index (χ1n) is 12.9. The lowest BCUT2D eigenvalue weighted by molar-refractivity contribution is -0.153. The maximum Gasteiger partial charge on any atom is 0.449 e. The first kappa shape index (κ1) is 27.2. The number of imidazole rings is 1. The molecule has 2 aliphatic heterocycles. The highest BCUT2D eigenvalue weighted by Gasteiger charge is 2.34. The van der Waals surface area contributed by atoms with Crippen LogP contribution in [0, 0.1) is 18.6 Å². The van der Waals surface area contributed by atoms with Crippen molar-refractivity contribution in [2.45, 2.75) is 26.3 Å². The third-order valence-corrected chi connectivity index (χ3v) is 6.82. The summed E-state index contributed by atoms with van der Waals surface area (Å²) in [6, 6.07) is 20.3. The minimum atomic E-state index is -4.60. The van der Waals surface area contributed by atoms with Gasteiger partial charge < -0.3 is 13.7 Å². The van der Waals surface area contributed by atoms with Gasteiger partial charge in [-0.1, -0.05) is 36.4 Å². The first-order chi connectivity index (χ1) is 20.1. The Morgan fingerprint density at radius 3 is 2.40 bits per heavy atom. The number of rotatable bonds is 7. The smallest absolute Gasteiger partial charge is 0.449 e. The number of alkyl halides is 3. The van der Waals surface area contributed by atoms with E-state index in [1.807, 2.05) is 47.3 Å². The third-order valence-electron chi connectivity index (χ3n) is 6.82. The largest absolute Gasteiger partial charge is 0.485 e. The number of pyridine rings is 1. The summed E-state index contributed by atoms with van der Waals surface area (Å²) in [5.74, 6) is -1.37. The molecule has 212 valence electrons. The Bertz CT molecular complexity index is 1840. The van der Waals surface area contributed by atoms with E-state index in [1.54, 1.807) is 25.1 Å². The minimum absolute atomic E-state index is 0.0328. The molecule has 0 aliphatic carbocycles. The number of fused-ring (bicyclic) bond motifs is 1. The molecule has 0 radical (unpaired) electrons. The predicted molar refractivity (Wildman–Crippen MR) is 146 cm³/mol. The molecule has 4 aromatic rings. The second-order valence-electron chi connectivity index (χ2n) is 9.74. The van der Waals surface area contributed by atoms with Gasteiger partial charge in [-0.15, -0.1) is 0 Å². The summed E-state index contributed by atoms with van der Waals surface area (Å²) < 4.78 is 79.0. The topological polar surface area (TPSA) is 53.1 Å². The summed E-state index contributed by atoms with van der Waals surface area (Å²) in [6.45, 7) is 1.93. The van der Waals surface area contributed by atoms with E-state index in [1.165, 1.54) is 24.3 Å². The van der Waals surface area contributed by atoms with Gasteiger partial charge in [0.2, 0.25) is 5.76 Å². The number of furan rings is 1. The highest BCUT2D eigenvalue weighted by atomic mass is 19.4. The Hall–Kier alpha value is -4.99. The van der Waals surface area contributed by atoms with Crippen LogP contribution in [0.2, 0.25) is 0 Å². The van der Waals surface area contributed by atoms with E-state index in [4.69, 9.17) is 9.15 Å². The molecule has 0 spiro atoms. The highest BCUT2D eigenvalue weighted by molar-refractivity contribution is 5.71. The van der Waals surface area contributed by atoms with Crippen molar-refractivity contribution in [3.8, 4) is 39.7 Å². The van der Waals surface area contributed by atoms with Crippen LogP contribution in [0.25, 0.3) is 33.9 Å². The summed E-state index contributed by atoms with van der Waals surface area (Å²) in [4.78, 5) is 9.16. The number of aromatic nitrogens is 3. The van der Waals surface area contributed by atoms with Gasteiger partial charge in [0.1, 0.15) is 35.4 Å². The normalized spacial score (nSPS) is 11.8. The quantitative estimate of drug-likeness (QED) is 0.179. The van der Waals surface area contributed by atoms with E-state index in [0.29, 0.717) is 40.4 Å². The number of halogens is 5. The van der Waals surface area contributed by atoms with E-state index >= 15 is 0 Å². The Labute approximate surface area is 237 Å². The molecule has 0 fully saturated rings. The van der Waals surface area contributed by atoms with Crippen molar-refractivity contribution in [2.75, 3.05) is 0 Å². The summed E-state index contributed by atoms with van der Waals surface area (Å²) in [6.07, 6.45) is -0.841. The number of hydrogen-bond donors (Lipinski definition) is 0. The van der Waals surface area contributed by atoms with E-state index < -0.39 is 17.8 Å². The molecule has 10 heteroatoms. The maximum absolute atomic E-state index is 14.0. The van der Waals surface area contributed by atoms with Gasteiger partial charge in [0, 0.05) is 36.1 Å². The van der Waals surface area contributed by atoms with Gasteiger partial charge in [0.15, 0.2) is 5.82 Å². The molecule has 0 saturated carbocycles. The van der Waals surface area contributed by atoms with Crippen LogP contribution in [0.4, 0.5) is 22.0 Å². The maximum atomic E-state index is 14.0. The van der Waals surface area contributed by atoms with Gasteiger partial charge in [-0.2, -0.15) is 13.2 Å². The van der Waals surface area contributed by atoms with Crippen molar-refractivity contribution in [1.29, 1.82) is 0 Å². The minimum Gasteiger partial charge on any atom is -0.485 e. The van der Waals surface area contributed by atoms with Crippen molar-refractivity contribution < 1.29 is 31.1 Å². The molecule has 2 aliphatic rings. The monoisotopic (exact) mass is 575 g/mol. The Balaban J connectivity index is 1.19. The van der Waals surface area contributed by atoms with Crippen LogP contribution < -0.4 is 4.74 Å². The van der Waals surface area contributed by atoms with Crippen LogP contribution in [0.5, 0.6) is 5.75 Å². The summed E-state index contributed by atoms with van der Waals surface area (Å²) in [7, 11) is 0. The second kappa shape index (κ2) is 10.8. The highest BCUT2D eigenvalue weighted by Crippen LogP contribution is 2.34. The van der Waals surface area contributed by atoms with Crippen LogP contribution in [0.15, 0.2) is 95.7 Å². The fraction of sp³-hybridized carbons (Fsp3) is 0.125. The third kappa shape index (κ3) is 5.60. The van der Waals surface area contributed by atoms with Gasteiger partial charge in [-0.3, -0.25) is 0 Å².